The number of allylic oxidation sites excluding steroid dienone is 1. The molecule has 0 saturated heterocycles. The summed E-state index contributed by atoms with van der Waals surface area (Å²) in [6.45, 7) is 12.7. The van der Waals surface area contributed by atoms with Crippen molar-refractivity contribution in [3.63, 3.8) is 0 Å². The standard InChI is InChI=1S/C14H30NO4P/c1-12(2)14(5)15-10-8-6-7-9-11-18-20(16,17)19-13(3)4/h12-13,15H,5-11H2,1-4H3,(H,16,17). The van der Waals surface area contributed by atoms with Crippen LogP contribution in [0.3, 0.4) is 0 Å². The van der Waals surface area contributed by atoms with E-state index >= 15 is 0 Å². The number of phosphoric ester groups is 1. The summed E-state index contributed by atoms with van der Waals surface area (Å²) in [5.41, 5.74) is 1.07. The Kier molecular flexibility index (Phi) is 10.2. The van der Waals surface area contributed by atoms with E-state index in [1.165, 1.54) is 0 Å². The molecule has 6 heteroatoms. The molecule has 0 spiro atoms. The molecule has 5 nitrogen and oxygen atoms in total. The molecule has 0 bridgehead atoms. The molecular weight excluding hydrogens is 277 g/mol. The number of hydrogen-bond donors (Lipinski definition) is 2. The second-order valence-corrected chi connectivity index (χ2v) is 6.88. The Morgan fingerprint density at radius 1 is 1.20 bits per heavy atom. The third-order valence-corrected chi connectivity index (χ3v) is 3.92. The Hall–Kier alpha value is -0.350. The van der Waals surface area contributed by atoms with Gasteiger partial charge in [-0.2, -0.15) is 0 Å². The molecule has 0 aromatic heterocycles. The quantitative estimate of drug-likeness (QED) is 0.423. The minimum absolute atomic E-state index is 0.257. The second kappa shape index (κ2) is 10.4. The van der Waals surface area contributed by atoms with E-state index in [1.54, 1.807) is 13.8 Å². The highest BCUT2D eigenvalue weighted by Gasteiger charge is 2.21. The minimum atomic E-state index is -3.86. The molecule has 0 aliphatic heterocycles. The summed E-state index contributed by atoms with van der Waals surface area (Å²) < 4.78 is 21.1. The van der Waals surface area contributed by atoms with Gasteiger partial charge in [-0.3, -0.25) is 9.05 Å². The number of unbranched alkanes of at least 4 members (excludes halogenated alkanes) is 3. The predicted molar refractivity (Wildman–Crippen MR) is 82.4 cm³/mol. The van der Waals surface area contributed by atoms with E-state index in [1.807, 2.05) is 0 Å². The molecule has 0 amide bonds. The van der Waals surface area contributed by atoms with Gasteiger partial charge in [0.25, 0.3) is 0 Å². The third-order valence-electron chi connectivity index (χ3n) is 2.72. The minimum Gasteiger partial charge on any atom is -0.389 e. The third kappa shape index (κ3) is 11.5. The zero-order valence-corrected chi connectivity index (χ0v) is 14.1. The number of phosphoric acid groups is 1. The van der Waals surface area contributed by atoms with Crippen molar-refractivity contribution < 1.29 is 18.5 Å². The summed E-state index contributed by atoms with van der Waals surface area (Å²) in [5.74, 6) is 0.461. The molecule has 1 atom stereocenters. The van der Waals surface area contributed by atoms with Gasteiger partial charge in [0, 0.05) is 12.2 Å². The van der Waals surface area contributed by atoms with Crippen LogP contribution in [0.5, 0.6) is 0 Å². The van der Waals surface area contributed by atoms with Crippen molar-refractivity contribution in [3.8, 4) is 0 Å². The molecule has 0 aromatic rings. The van der Waals surface area contributed by atoms with E-state index in [9.17, 15) is 9.46 Å². The fraction of sp³-hybridized carbons (Fsp3) is 0.857. The van der Waals surface area contributed by atoms with Crippen LogP contribution in [-0.4, -0.2) is 24.1 Å². The van der Waals surface area contributed by atoms with Gasteiger partial charge in [-0.15, -0.1) is 0 Å². The van der Waals surface area contributed by atoms with Crippen molar-refractivity contribution in [2.75, 3.05) is 13.2 Å². The van der Waals surface area contributed by atoms with Crippen LogP contribution >= 0.6 is 7.82 Å². The maximum atomic E-state index is 11.4. The highest BCUT2D eigenvalue weighted by atomic mass is 31.2. The van der Waals surface area contributed by atoms with Gasteiger partial charge in [0.2, 0.25) is 0 Å². The lowest BCUT2D eigenvalue weighted by Crippen LogP contribution is -2.17. The highest BCUT2D eigenvalue weighted by Crippen LogP contribution is 2.44. The van der Waals surface area contributed by atoms with E-state index in [0.29, 0.717) is 5.92 Å². The summed E-state index contributed by atoms with van der Waals surface area (Å²) in [6.07, 6.45) is 3.54. The Labute approximate surface area is 123 Å². The van der Waals surface area contributed by atoms with Crippen LogP contribution < -0.4 is 5.32 Å². The van der Waals surface area contributed by atoms with Crippen LogP contribution in [0, 0.1) is 5.92 Å². The summed E-state index contributed by atoms with van der Waals surface area (Å²) in [4.78, 5) is 9.33. The molecule has 20 heavy (non-hydrogen) atoms. The van der Waals surface area contributed by atoms with Gasteiger partial charge in [0.15, 0.2) is 0 Å². The molecule has 0 radical (unpaired) electrons. The van der Waals surface area contributed by atoms with Crippen LogP contribution in [-0.2, 0) is 13.6 Å². The van der Waals surface area contributed by atoms with Gasteiger partial charge in [0.1, 0.15) is 0 Å². The van der Waals surface area contributed by atoms with Gasteiger partial charge >= 0.3 is 7.82 Å². The van der Waals surface area contributed by atoms with E-state index < -0.39 is 7.82 Å². The first-order valence-corrected chi connectivity index (χ1v) is 8.82. The first kappa shape index (κ1) is 19.7. The molecule has 1 unspecified atom stereocenters. The van der Waals surface area contributed by atoms with Crippen molar-refractivity contribution in [2.45, 2.75) is 59.5 Å². The van der Waals surface area contributed by atoms with E-state index in [0.717, 1.165) is 37.9 Å². The average Bonchev–Trinajstić information content (AvgIpc) is 2.30. The van der Waals surface area contributed by atoms with Gasteiger partial charge in [-0.05, 0) is 32.6 Å². The van der Waals surface area contributed by atoms with Gasteiger partial charge < -0.3 is 10.2 Å². The molecule has 2 N–H and O–H groups in total. The molecule has 0 aliphatic rings. The van der Waals surface area contributed by atoms with Crippen LogP contribution in [0.2, 0.25) is 0 Å². The van der Waals surface area contributed by atoms with Gasteiger partial charge in [0.05, 0.1) is 12.7 Å². The van der Waals surface area contributed by atoms with Crippen LogP contribution in [0.4, 0.5) is 0 Å². The van der Waals surface area contributed by atoms with Crippen molar-refractivity contribution in [1.82, 2.24) is 5.32 Å². The fourth-order valence-electron chi connectivity index (χ4n) is 1.51. The number of rotatable bonds is 12. The second-order valence-electron chi connectivity index (χ2n) is 5.48. The Balaban J connectivity index is 3.45. The zero-order valence-electron chi connectivity index (χ0n) is 13.2. The topological polar surface area (TPSA) is 67.8 Å². The van der Waals surface area contributed by atoms with E-state index in [4.69, 9.17) is 9.05 Å². The maximum Gasteiger partial charge on any atom is 0.472 e. The first-order valence-electron chi connectivity index (χ1n) is 7.33. The molecule has 0 fully saturated rings. The molecule has 0 aromatic carbocycles. The zero-order chi connectivity index (χ0) is 15.6. The van der Waals surface area contributed by atoms with Crippen molar-refractivity contribution in [1.29, 1.82) is 0 Å². The Morgan fingerprint density at radius 3 is 2.35 bits per heavy atom. The van der Waals surface area contributed by atoms with Crippen LogP contribution in [0.25, 0.3) is 0 Å². The normalized spacial score (nSPS) is 14.6. The SMILES string of the molecule is C=C(NCCCCCCOP(=O)(O)OC(C)C)C(C)C. The molecular formula is C14H30NO4P. The van der Waals surface area contributed by atoms with Crippen molar-refractivity contribution >= 4 is 7.82 Å². The lowest BCUT2D eigenvalue weighted by molar-refractivity contribution is 0.119. The highest BCUT2D eigenvalue weighted by molar-refractivity contribution is 7.47. The lowest BCUT2D eigenvalue weighted by Gasteiger charge is -2.14. The first-order chi connectivity index (χ1) is 9.24. The van der Waals surface area contributed by atoms with Crippen LogP contribution in [0.15, 0.2) is 12.3 Å². The predicted octanol–water partition coefficient (Wildman–Crippen LogP) is 3.85. The smallest absolute Gasteiger partial charge is 0.389 e. The summed E-state index contributed by atoms with van der Waals surface area (Å²) in [5, 5.41) is 3.29. The van der Waals surface area contributed by atoms with Crippen molar-refractivity contribution in [2.24, 2.45) is 5.92 Å². The summed E-state index contributed by atoms with van der Waals surface area (Å²) in [7, 11) is -3.86. The molecule has 120 valence electrons. The Bertz CT molecular complexity index is 318. The van der Waals surface area contributed by atoms with Crippen LogP contribution in [0.1, 0.15) is 53.4 Å². The number of nitrogens with one attached hydrogen (secondary N) is 1. The molecule has 0 heterocycles. The Morgan fingerprint density at radius 2 is 1.80 bits per heavy atom. The monoisotopic (exact) mass is 307 g/mol. The summed E-state index contributed by atoms with van der Waals surface area (Å²) >= 11 is 0. The lowest BCUT2D eigenvalue weighted by atomic mass is 10.1. The van der Waals surface area contributed by atoms with E-state index in [-0.39, 0.29) is 12.7 Å². The fourth-order valence-corrected chi connectivity index (χ4v) is 2.46. The van der Waals surface area contributed by atoms with Gasteiger partial charge in [-0.25, -0.2) is 4.57 Å². The molecule has 0 aliphatic carbocycles. The average molecular weight is 307 g/mol. The largest absolute Gasteiger partial charge is 0.472 e. The van der Waals surface area contributed by atoms with E-state index in [2.05, 4.69) is 25.7 Å². The molecule has 0 rings (SSSR count). The maximum absolute atomic E-state index is 11.4. The van der Waals surface area contributed by atoms with Gasteiger partial charge in [-0.1, -0.05) is 33.3 Å². The van der Waals surface area contributed by atoms with Crippen molar-refractivity contribution in [3.05, 3.63) is 12.3 Å². The number of hydrogen-bond acceptors (Lipinski definition) is 4. The summed E-state index contributed by atoms with van der Waals surface area (Å²) in [6, 6.07) is 0. The molecule has 0 saturated carbocycles.